The number of nitrogen functional groups attached to an aromatic ring is 1. The van der Waals surface area contributed by atoms with Crippen molar-refractivity contribution in [2.45, 2.75) is 6.61 Å². The van der Waals surface area contributed by atoms with Gasteiger partial charge in [0.2, 0.25) is 0 Å². The normalized spacial score (nSPS) is 10.4. The number of alkyl halides is 2. The van der Waals surface area contributed by atoms with E-state index < -0.39 is 6.61 Å². The molecule has 5 nitrogen and oxygen atoms in total. The molecule has 3 N–H and O–H groups in total. The number of nitrogens with one attached hydrogen (secondary N) is 1. The summed E-state index contributed by atoms with van der Waals surface area (Å²) in [5.41, 5.74) is 3.71. The molecule has 2 rings (SSSR count). The Morgan fingerprint density at radius 3 is 2.28 bits per heavy atom. The third-order valence-corrected chi connectivity index (χ3v) is 2.19. The van der Waals surface area contributed by atoms with Gasteiger partial charge in [-0.25, -0.2) is 5.84 Å². The van der Waals surface area contributed by atoms with Gasteiger partial charge in [-0.05, 0) is 36.4 Å². The minimum absolute atomic E-state index is 0.0990. The number of benzene rings is 1. The molecule has 0 aliphatic carbocycles. The first-order valence-electron chi connectivity index (χ1n) is 5.04. The van der Waals surface area contributed by atoms with Crippen LogP contribution >= 0.6 is 0 Å². The zero-order chi connectivity index (χ0) is 13.0. The van der Waals surface area contributed by atoms with Gasteiger partial charge in [-0.1, -0.05) is 0 Å². The van der Waals surface area contributed by atoms with E-state index in [1.807, 2.05) is 0 Å². The highest BCUT2D eigenvalue weighted by Crippen LogP contribution is 2.21. The molecule has 7 heteroatoms. The van der Waals surface area contributed by atoms with Crippen LogP contribution in [0.4, 0.5) is 14.6 Å². The van der Waals surface area contributed by atoms with Crippen LogP contribution in [-0.4, -0.2) is 16.8 Å². The average Bonchev–Trinajstić information content (AvgIpc) is 2.39. The summed E-state index contributed by atoms with van der Waals surface area (Å²) in [4.78, 5) is 0. The van der Waals surface area contributed by atoms with Crippen molar-refractivity contribution >= 4 is 5.82 Å². The van der Waals surface area contributed by atoms with E-state index in [2.05, 4.69) is 20.4 Å². The van der Waals surface area contributed by atoms with E-state index in [1.54, 1.807) is 24.3 Å². The highest BCUT2D eigenvalue weighted by Gasteiger charge is 2.05. The molecule has 0 bridgehead atoms. The van der Waals surface area contributed by atoms with Gasteiger partial charge in [0.15, 0.2) is 5.82 Å². The smallest absolute Gasteiger partial charge is 0.387 e. The van der Waals surface area contributed by atoms with Crippen LogP contribution in [0.5, 0.6) is 5.75 Å². The van der Waals surface area contributed by atoms with Crippen molar-refractivity contribution in [3.8, 4) is 17.0 Å². The number of halogens is 2. The highest BCUT2D eigenvalue weighted by molar-refractivity contribution is 5.60. The maximum Gasteiger partial charge on any atom is 0.387 e. The number of hydrogen-bond acceptors (Lipinski definition) is 5. The van der Waals surface area contributed by atoms with Crippen LogP contribution in [0.15, 0.2) is 36.4 Å². The Labute approximate surface area is 102 Å². The molecule has 18 heavy (non-hydrogen) atoms. The summed E-state index contributed by atoms with van der Waals surface area (Å²) >= 11 is 0. The van der Waals surface area contributed by atoms with Crippen LogP contribution in [-0.2, 0) is 0 Å². The van der Waals surface area contributed by atoms with Gasteiger partial charge in [0.05, 0.1) is 5.69 Å². The topological polar surface area (TPSA) is 73.1 Å². The van der Waals surface area contributed by atoms with Gasteiger partial charge in [0.25, 0.3) is 0 Å². The van der Waals surface area contributed by atoms with Crippen molar-refractivity contribution in [1.82, 2.24) is 10.2 Å². The van der Waals surface area contributed by atoms with E-state index in [0.717, 1.165) is 5.56 Å². The molecule has 0 amide bonds. The molecule has 0 saturated heterocycles. The average molecular weight is 252 g/mol. The first-order valence-corrected chi connectivity index (χ1v) is 5.04. The standard InChI is InChI=1S/C11H10F2N4O/c12-11(13)18-8-3-1-7(2-4-8)9-5-6-10(15-14)17-16-9/h1-6,11H,14H2,(H,15,17). The second-order valence-corrected chi connectivity index (χ2v) is 3.35. The fourth-order valence-corrected chi connectivity index (χ4v) is 1.37. The van der Waals surface area contributed by atoms with Gasteiger partial charge in [0, 0.05) is 5.56 Å². The second kappa shape index (κ2) is 5.37. The van der Waals surface area contributed by atoms with Crippen molar-refractivity contribution in [3.63, 3.8) is 0 Å². The van der Waals surface area contributed by atoms with Crippen LogP contribution in [0.1, 0.15) is 0 Å². The highest BCUT2D eigenvalue weighted by atomic mass is 19.3. The maximum absolute atomic E-state index is 12.0. The molecule has 0 aliphatic rings. The van der Waals surface area contributed by atoms with Gasteiger partial charge in [-0.3, -0.25) is 0 Å². The number of anilines is 1. The minimum atomic E-state index is -2.83. The van der Waals surface area contributed by atoms with Crippen molar-refractivity contribution in [2.75, 3.05) is 5.43 Å². The van der Waals surface area contributed by atoms with Gasteiger partial charge < -0.3 is 10.2 Å². The largest absolute Gasteiger partial charge is 0.435 e. The molecule has 0 fully saturated rings. The third-order valence-electron chi connectivity index (χ3n) is 2.19. The Kier molecular flexibility index (Phi) is 3.63. The summed E-state index contributed by atoms with van der Waals surface area (Å²) in [5, 5.41) is 7.74. The Bertz CT molecular complexity index is 501. The SMILES string of the molecule is NNc1ccc(-c2ccc(OC(F)F)cc2)nn1. The van der Waals surface area contributed by atoms with Gasteiger partial charge in [0.1, 0.15) is 5.75 Å². The summed E-state index contributed by atoms with van der Waals surface area (Å²) < 4.78 is 28.2. The monoisotopic (exact) mass is 252 g/mol. The molecule has 0 unspecified atom stereocenters. The third kappa shape index (κ3) is 2.89. The van der Waals surface area contributed by atoms with Gasteiger partial charge >= 0.3 is 6.61 Å². The van der Waals surface area contributed by atoms with Crippen LogP contribution in [0.3, 0.4) is 0 Å². The van der Waals surface area contributed by atoms with E-state index >= 15 is 0 Å². The van der Waals surface area contributed by atoms with E-state index in [1.165, 1.54) is 12.1 Å². The number of hydrogen-bond donors (Lipinski definition) is 2. The lowest BCUT2D eigenvalue weighted by Crippen LogP contribution is -2.09. The van der Waals surface area contributed by atoms with Crippen molar-refractivity contribution in [3.05, 3.63) is 36.4 Å². The molecular formula is C11H10F2N4O. The summed E-state index contributed by atoms with van der Waals surface area (Å²) in [6.45, 7) is -2.83. The molecule has 0 spiro atoms. The summed E-state index contributed by atoms with van der Waals surface area (Å²) in [6.07, 6.45) is 0. The Morgan fingerprint density at radius 1 is 1.06 bits per heavy atom. The van der Waals surface area contributed by atoms with E-state index in [-0.39, 0.29) is 5.75 Å². The maximum atomic E-state index is 12.0. The van der Waals surface area contributed by atoms with Gasteiger partial charge in [-0.2, -0.15) is 8.78 Å². The van der Waals surface area contributed by atoms with E-state index in [4.69, 9.17) is 5.84 Å². The molecule has 1 aromatic heterocycles. The van der Waals surface area contributed by atoms with Crippen LogP contribution in [0, 0.1) is 0 Å². The van der Waals surface area contributed by atoms with Crippen molar-refractivity contribution < 1.29 is 13.5 Å². The molecule has 0 atom stereocenters. The molecule has 94 valence electrons. The number of aromatic nitrogens is 2. The molecular weight excluding hydrogens is 242 g/mol. The van der Waals surface area contributed by atoms with Crippen molar-refractivity contribution in [1.29, 1.82) is 0 Å². The first kappa shape index (κ1) is 12.2. The number of nitrogens with two attached hydrogens (primary N) is 1. The molecule has 0 saturated carbocycles. The second-order valence-electron chi connectivity index (χ2n) is 3.35. The zero-order valence-corrected chi connectivity index (χ0v) is 9.18. The predicted octanol–water partition coefficient (Wildman–Crippen LogP) is 2.03. The lowest BCUT2D eigenvalue weighted by molar-refractivity contribution is -0.0498. The minimum Gasteiger partial charge on any atom is -0.435 e. The van der Waals surface area contributed by atoms with Gasteiger partial charge in [-0.15, -0.1) is 10.2 Å². The number of nitrogens with zero attached hydrogens (tertiary/aromatic N) is 2. The van der Waals surface area contributed by atoms with Crippen molar-refractivity contribution in [2.24, 2.45) is 5.84 Å². The van der Waals surface area contributed by atoms with E-state index in [9.17, 15) is 8.78 Å². The Hall–Kier alpha value is -2.28. The summed E-state index contributed by atoms with van der Waals surface area (Å²) in [6, 6.07) is 9.50. The lowest BCUT2D eigenvalue weighted by Gasteiger charge is -2.05. The molecule has 2 aromatic rings. The zero-order valence-electron chi connectivity index (χ0n) is 9.18. The molecule has 1 aromatic carbocycles. The first-order chi connectivity index (χ1) is 8.69. The number of hydrazine groups is 1. The quantitative estimate of drug-likeness (QED) is 0.643. The Balaban J connectivity index is 2.17. The number of rotatable bonds is 4. The summed E-state index contributed by atoms with van der Waals surface area (Å²) in [5.74, 6) is 5.70. The van der Waals surface area contributed by atoms with Crippen LogP contribution in [0.2, 0.25) is 0 Å². The van der Waals surface area contributed by atoms with Crippen LogP contribution in [0.25, 0.3) is 11.3 Å². The summed E-state index contributed by atoms with van der Waals surface area (Å²) in [7, 11) is 0. The Morgan fingerprint density at radius 2 is 1.78 bits per heavy atom. The molecule has 0 radical (unpaired) electrons. The number of ether oxygens (including phenoxy) is 1. The lowest BCUT2D eigenvalue weighted by atomic mass is 10.1. The fraction of sp³-hybridized carbons (Fsp3) is 0.0909. The predicted molar refractivity (Wildman–Crippen MR) is 61.9 cm³/mol. The molecule has 1 heterocycles. The van der Waals surface area contributed by atoms with E-state index in [0.29, 0.717) is 11.5 Å². The molecule has 0 aliphatic heterocycles. The fourth-order valence-electron chi connectivity index (χ4n) is 1.37. The van der Waals surface area contributed by atoms with Crippen LogP contribution < -0.4 is 16.0 Å².